The van der Waals surface area contributed by atoms with Crippen molar-refractivity contribution in [3.63, 3.8) is 0 Å². The Hall–Kier alpha value is -1.06. The lowest BCUT2D eigenvalue weighted by Crippen LogP contribution is -2.46. The Bertz CT molecular complexity index is 386. The van der Waals surface area contributed by atoms with E-state index in [1.165, 1.54) is 5.56 Å². The Morgan fingerprint density at radius 1 is 1.26 bits per heavy atom. The standard InChI is InChI=1S/C16H25NO2/c1-12-10-18-15(9-17-12)11-19-14-7-5-13(6-8-14)16(2,3)4/h5-8,12,15,17H,9-11H2,1-4H3. The summed E-state index contributed by atoms with van der Waals surface area (Å²) in [5, 5.41) is 3.39. The molecule has 3 heteroatoms. The minimum Gasteiger partial charge on any atom is -0.491 e. The van der Waals surface area contributed by atoms with E-state index in [-0.39, 0.29) is 11.5 Å². The van der Waals surface area contributed by atoms with E-state index < -0.39 is 0 Å². The van der Waals surface area contributed by atoms with Gasteiger partial charge in [-0.3, -0.25) is 0 Å². The quantitative estimate of drug-likeness (QED) is 0.909. The van der Waals surface area contributed by atoms with Crippen molar-refractivity contribution >= 4 is 0 Å². The van der Waals surface area contributed by atoms with Crippen LogP contribution in [-0.2, 0) is 10.2 Å². The third kappa shape index (κ3) is 4.22. The number of morpholine rings is 1. The summed E-state index contributed by atoms with van der Waals surface area (Å²) in [6.45, 7) is 11.0. The van der Waals surface area contributed by atoms with Gasteiger partial charge in [-0.2, -0.15) is 0 Å². The van der Waals surface area contributed by atoms with Crippen molar-refractivity contribution in [3.8, 4) is 5.75 Å². The van der Waals surface area contributed by atoms with Gasteiger partial charge in [0.1, 0.15) is 18.5 Å². The first-order valence-corrected chi connectivity index (χ1v) is 7.03. The third-order valence-corrected chi connectivity index (χ3v) is 3.43. The molecule has 1 aliphatic heterocycles. The maximum absolute atomic E-state index is 5.78. The fraction of sp³-hybridized carbons (Fsp3) is 0.625. The van der Waals surface area contributed by atoms with Crippen LogP contribution in [0.3, 0.4) is 0 Å². The molecule has 1 aromatic rings. The number of rotatable bonds is 3. The molecule has 2 atom stereocenters. The summed E-state index contributed by atoms with van der Waals surface area (Å²) in [6.07, 6.45) is 0.151. The van der Waals surface area contributed by atoms with Crippen LogP contribution in [0.15, 0.2) is 24.3 Å². The van der Waals surface area contributed by atoms with Gasteiger partial charge in [0.05, 0.1) is 6.61 Å². The van der Waals surface area contributed by atoms with Gasteiger partial charge in [0, 0.05) is 12.6 Å². The molecule has 2 rings (SSSR count). The zero-order valence-corrected chi connectivity index (χ0v) is 12.4. The molecule has 3 nitrogen and oxygen atoms in total. The van der Waals surface area contributed by atoms with E-state index in [1.54, 1.807) is 0 Å². The highest BCUT2D eigenvalue weighted by Crippen LogP contribution is 2.24. The van der Waals surface area contributed by atoms with Gasteiger partial charge < -0.3 is 14.8 Å². The highest BCUT2D eigenvalue weighted by molar-refractivity contribution is 5.31. The lowest BCUT2D eigenvalue weighted by molar-refractivity contribution is -0.0165. The van der Waals surface area contributed by atoms with Crippen LogP contribution in [0.25, 0.3) is 0 Å². The molecule has 2 unspecified atom stereocenters. The molecule has 106 valence electrons. The molecule has 0 amide bonds. The maximum Gasteiger partial charge on any atom is 0.119 e. The number of ether oxygens (including phenoxy) is 2. The smallest absolute Gasteiger partial charge is 0.119 e. The predicted molar refractivity (Wildman–Crippen MR) is 77.8 cm³/mol. The molecule has 0 bridgehead atoms. The minimum absolute atomic E-state index is 0.151. The number of hydrogen-bond acceptors (Lipinski definition) is 3. The van der Waals surface area contributed by atoms with E-state index in [0.29, 0.717) is 12.6 Å². The van der Waals surface area contributed by atoms with Crippen LogP contribution in [0.5, 0.6) is 5.75 Å². The average molecular weight is 263 g/mol. The van der Waals surface area contributed by atoms with Crippen molar-refractivity contribution < 1.29 is 9.47 Å². The Morgan fingerprint density at radius 2 is 1.95 bits per heavy atom. The first-order valence-electron chi connectivity index (χ1n) is 7.03. The molecule has 0 aromatic heterocycles. The molecule has 19 heavy (non-hydrogen) atoms. The van der Waals surface area contributed by atoms with Crippen LogP contribution in [0.4, 0.5) is 0 Å². The molecular formula is C16H25NO2. The van der Waals surface area contributed by atoms with Crippen molar-refractivity contribution in [3.05, 3.63) is 29.8 Å². The number of nitrogens with one attached hydrogen (secondary N) is 1. The Kier molecular flexibility index (Phi) is 4.48. The van der Waals surface area contributed by atoms with Gasteiger partial charge in [-0.25, -0.2) is 0 Å². The van der Waals surface area contributed by atoms with Gasteiger partial charge in [0.2, 0.25) is 0 Å². The van der Waals surface area contributed by atoms with Crippen LogP contribution in [0.2, 0.25) is 0 Å². The SMILES string of the molecule is CC1COC(COc2ccc(C(C)(C)C)cc2)CN1. The zero-order chi connectivity index (χ0) is 13.9. The fourth-order valence-corrected chi connectivity index (χ4v) is 2.08. The Balaban J connectivity index is 1.83. The second-order valence-electron chi connectivity index (χ2n) is 6.35. The van der Waals surface area contributed by atoms with Crippen molar-refractivity contribution in [2.24, 2.45) is 0 Å². The summed E-state index contributed by atoms with van der Waals surface area (Å²) in [7, 11) is 0. The van der Waals surface area contributed by atoms with Crippen molar-refractivity contribution in [2.75, 3.05) is 19.8 Å². The van der Waals surface area contributed by atoms with Crippen molar-refractivity contribution in [1.29, 1.82) is 0 Å². The van der Waals surface area contributed by atoms with Crippen LogP contribution in [0.1, 0.15) is 33.3 Å². The summed E-state index contributed by atoms with van der Waals surface area (Å²) < 4.78 is 11.5. The van der Waals surface area contributed by atoms with Crippen LogP contribution < -0.4 is 10.1 Å². The second-order valence-corrected chi connectivity index (χ2v) is 6.35. The summed E-state index contributed by atoms with van der Waals surface area (Å²) in [6, 6.07) is 8.80. The lowest BCUT2D eigenvalue weighted by Gasteiger charge is -2.28. The fourth-order valence-electron chi connectivity index (χ4n) is 2.08. The molecule has 1 saturated heterocycles. The molecule has 1 aliphatic rings. The molecule has 0 radical (unpaired) electrons. The van der Waals surface area contributed by atoms with Gasteiger partial charge >= 0.3 is 0 Å². The molecular weight excluding hydrogens is 238 g/mol. The second kappa shape index (κ2) is 5.93. The number of hydrogen-bond donors (Lipinski definition) is 1. The van der Waals surface area contributed by atoms with E-state index in [1.807, 2.05) is 12.1 Å². The van der Waals surface area contributed by atoms with E-state index >= 15 is 0 Å². The maximum atomic E-state index is 5.78. The zero-order valence-electron chi connectivity index (χ0n) is 12.4. The lowest BCUT2D eigenvalue weighted by atomic mass is 9.87. The first kappa shape index (κ1) is 14.4. The van der Waals surface area contributed by atoms with Crippen molar-refractivity contribution in [2.45, 2.75) is 45.3 Å². The van der Waals surface area contributed by atoms with Crippen molar-refractivity contribution in [1.82, 2.24) is 5.32 Å². The third-order valence-electron chi connectivity index (χ3n) is 3.43. The summed E-state index contributed by atoms with van der Waals surface area (Å²) in [5.74, 6) is 0.912. The molecule has 1 fully saturated rings. The molecule has 1 aromatic carbocycles. The van der Waals surface area contributed by atoms with Gasteiger partial charge in [-0.1, -0.05) is 32.9 Å². The van der Waals surface area contributed by atoms with Gasteiger partial charge in [-0.15, -0.1) is 0 Å². The largest absolute Gasteiger partial charge is 0.491 e. The van der Waals surface area contributed by atoms with E-state index in [4.69, 9.17) is 9.47 Å². The Labute approximate surface area is 116 Å². The summed E-state index contributed by atoms with van der Waals surface area (Å²) >= 11 is 0. The van der Waals surface area contributed by atoms with E-state index in [0.717, 1.165) is 18.9 Å². The normalized spacial score (nSPS) is 24.2. The number of benzene rings is 1. The molecule has 0 spiro atoms. The van der Waals surface area contributed by atoms with E-state index in [2.05, 4.69) is 45.1 Å². The highest BCUT2D eigenvalue weighted by Gasteiger charge is 2.18. The van der Waals surface area contributed by atoms with Crippen LogP contribution in [0, 0.1) is 0 Å². The highest BCUT2D eigenvalue weighted by atomic mass is 16.5. The molecule has 0 aliphatic carbocycles. The molecule has 1 N–H and O–H groups in total. The van der Waals surface area contributed by atoms with E-state index in [9.17, 15) is 0 Å². The molecule has 1 heterocycles. The topological polar surface area (TPSA) is 30.5 Å². The van der Waals surface area contributed by atoms with Gasteiger partial charge in [0.25, 0.3) is 0 Å². The van der Waals surface area contributed by atoms with Gasteiger partial charge in [0.15, 0.2) is 0 Å². The Morgan fingerprint density at radius 3 is 2.47 bits per heavy atom. The summed E-state index contributed by atoms with van der Waals surface area (Å²) in [5.41, 5.74) is 1.51. The predicted octanol–water partition coefficient (Wildman–Crippen LogP) is 2.74. The van der Waals surface area contributed by atoms with Crippen LogP contribution in [-0.4, -0.2) is 31.9 Å². The van der Waals surface area contributed by atoms with Crippen LogP contribution >= 0.6 is 0 Å². The first-order chi connectivity index (χ1) is 8.95. The summed E-state index contributed by atoms with van der Waals surface area (Å²) in [4.78, 5) is 0. The average Bonchev–Trinajstić information content (AvgIpc) is 2.37. The molecule has 0 saturated carbocycles. The minimum atomic E-state index is 0.151. The monoisotopic (exact) mass is 263 g/mol. The van der Waals surface area contributed by atoms with Gasteiger partial charge in [-0.05, 0) is 30.0 Å².